The minimum atomic E-state index is -0.382. The number of hydrogen-bond acceptors (Lipinski definition) is 6. The minimum Gasteiger partial charge on any atom is -0.454 e. The van der Waals surface area contributed by atoms with Gasteiger partial charge >= 0.3 is 0 Å². The van der Waals surface area contributed by atoms with Crippen molar-refractivity contribution in [2.75, 3.05) is 17.9 Å². The van der Waals surface area contributed by atoms with Gasteiger partial charge in [0.1, 0.15) is 5.82 Å². The number of amides is 1. The molecule has 1 aromatic carbocycles. The molecule has 2 N–H and O–H groups in total. The van der Waals surface area contributed by atoms with Crippen molar-refractivity contribution in [1.82, 2.24) is 9.97 Å². The van der Waals surface area contributed by atoms with Crippen LogP contribution in [-0.4, -0.2) is 28.4 Å². The lowest BCUT2D eigenvalue weighted by atomic mass is 9.86. The van der Waals surface area contributed by atoms with Gasteiger partial charge in [0.05, 0.1) is 5.56 Å². The lowest BCUT2D eigenvalue weighted by Crippen LogP contribution is -2.31. The molecule has 2 aromatic rings. The quantitative estimate of drug-likeness (QED) is 0.495. The Balaban J connectivity index is 1.77. The fourth-order valence-corrected chi connectivity index (χ4v) is 3.57. The number of carbonyl (C=O) groups is 1. The monoisotopic (exact) mass is 357 g/mol. The Bertz CT molecular complexity index is 925. The zero-order chi connectivity index (χ0) is 17.4. The second kappa shape index (κ2) is 6.29. The van der Waals surface area contributed by atoms with Crippen molar-refractivity contribution in [2.24, 2.45) is 0 Å². The molecule has 0 saturated heterocycles. The molecule has 0 unspecified atom stereocenters. The number of nitrogens with one attached hydrogen (secondary N) is 2. The van der Waals surface area contributed by atoms with Crippen LogP contribution >= 0.6 is 11.8 Å². The first-order valence-corrected chi connectivity index (χ1v) is 8.71. The summed E-state index contributed by atoms with van der Waals surface area (Å²) in [6.45, 7) is 3.82. The Kier molecular flexibility index (Phi) is 3.96. The largest absolute Gasteiger partial charge is 0.454 e. The molecule has 1 amide bonds. The van der Waals surface area contributed by atoms with Gasteiger partial charge in [-0.3, -0.25) is 9.59 Å². The van der Waals surface area contributed by atoms with E-state index in [0.29, 0.717) is 33.8 Å². The van der Waals surface area contributed by atoms with Crippen LogP contribution in [0.4, 0.5) is 5.82 Å². The Labute approximate surface area is 147 Å². The molecule has 4 rings (SSSR count). The number of aromatic amines is 1. The molecule has 7 nitrogen and oxygen atoms in total. The van der Waals surface area contributed by atoms with E-state index in [2.05, 4.69) is 21.9 Å². The standard InChI is InChI=1S/C17H15N3O4S/c1-2-5-25-17-19-15-14(16(22)20-17)10(7-13(21)18-15)9-3-4-11-12(6-9)24-8-23-11/h2-4,6,10H,1,5,7-8H2,(H2,18,19,20,21,22)/t10-/m0/s1. The van der Waals surface area contributed by atoms with Crippen LogP contribution in [0.3, 0.4) is 0 Å². The summed E-state index contributed by atoms with van der Waals surface area (Å²) >= 11 is 1.35. The maximum atomic E-state index is 12.6. The van der Waals surface area contributed by atoms with Crippen LogP contribution < -0.4 is 20.3 Å². The molecule has 0 spiro atoms. The number of H-pyrrole nitrogens is 1. The lowest BCUT2D eigenvalue weighted by Gasteiger charge is -2.24. The topological polar surface area (TPSA) is 93.3 Å². The molecule has 2 aliphatic rings. The molecule has 25 heavy (non-hydrogen) atoms. The van der Waals surface area contributed by atoms with E-state index in [1.807, 2.05) is 12.1 Å². The number of ether oxygens (including phenoxy) is 2. The van der Waals surface area contributed by atoms with Crippen LogP contribution in [0, 0.1) is 0 Å². The lowest BCUT2D eigenvalue weighted by molar-refractivity contribution is -0.116. The third-order valence-corrected chi connectivity index (χ3v) is 4.94. The molecule has 2 aliphatic heterocycles. The first kappa shape index (κ1) is 15.8. The SMILES string of the molecule is C=CCSc1nc2c(c(=O)[nH]1)[C@H](c1ccc3c(c1)OCO3)CC(=O)N2. The van der Waals surface area contributed by atoms with Crippen molar-refractivity contribution in [3.63, 3.8) is 0 Å². The summed E-state index contributed by atoms with van der Waals surface area (Å²) in [6.07, 6.45) is 1.90. The second-order valence-electron chi connectivity index (χ2n) is 5.65. The van der Waals surface area contributed by atoms with Gasteiger partial charge in [-0.05, 0) is 17.7 Å². The zero-order valence-electron chi connectivity index (χ0n) is 13.2. The molecular formula is C17H15N3O4S. The van der Waals surface area contributed by atoms with E-state index in [4.69, 9.17) is 9.47 Å². The summed E-state index contributed by atoms with van der Waals surface area (Å²) < 4.78 is 10.7. The molecule has 8 heteroatoms. The van der Waals surface area contributed by atoms with Gasteiger partial charge in [0.25, 0.3) is 5.56 Å². The highest BCUT2D eigenvalue weighted by molar-refractivity contribution is 7.99. The Morgan fingerprint density at radius 3 is 3.00 bits per heavy atom. The third kappa shape index (κ3) is 2.89. The molecule has 1 aromatic heterocycles. The van der Waals surface area contributed by atoms with Crippen LogP contribution in [0.1, 0.15) is 23.5 Å². The van der Waals surface area contributed by atoms with E-state index >= 15 is 0 Å². The van der Waals surface area contributed by atoms with E-state index in [0.717, 1.165) is 5.56 Å². The van der Waals surface area contributed by atoms with Gasteiger partial charge in [-0.25, -0.2) is 4.98 Å². The number of benzene rings is 1. The maximum Gasteiger partial charge on any atom is 0.257 e. The van der Waals surface area contributed by atoms with E-state index in [-0.39, 0.29) is 30.6 Å². The Morgan fingerprint density at radius 2 is 2.16 bits per heavy atom. The molecule has 0 aliphatic carbocycles. The molecule has 0 saturated carbocycles. The van der Waals surface area contributed by atoms with Gasteiger partial charge in [-0.15, -0.1) is 6.58 Å². The van der Waals surface area contributed by atoms with Crippen LogP contribution in [0.2, 0.25) is 0 Å². The van der Waals surface area contributed by atoms with E-state index in [1.54, 1.807) is 12.1 Å². The summed E-state index contributed by atoms with van der Waals surface area (Å²) in [5, 5.41) is 3.16. The normalized spacial score (nSPS) is 17.8. The molecule has 0 bridgehead atoms. The first-order chi connectivity index (χ1) is 12.2. The van der Waals surface area contributed by atoms with Gasteiger partial charge in [-0.2, -0.15) is 0 Å². The van der Waals surface area contributed by atoms with E-state index in [9.17, 15) is 9.59 Å². The van der Waals surface area contributed by atoms with Crippen molar-refractivity contribution in [2.45, 2.75) is 17.5 Å². The number of aromatic nitrogens is 2. The number of anilines is 1. The third-order valence-electron chi connectivity index (χ3n) is 4.07. The van der Waals surface area contributed by atoms with E-state index < -0.39 is 0 Å². The summed E-state index contributed by atoms with van der Waals surface area (Å²) in [4.78, 5) is 31.9. The Morgan fingerprint density at radius 1 is 1.32 bits per heavy atom. The van der Waals surface area contributed by atoms with Crippen molar-refractivity contribution in [3.05, 3.63) is 52.3 Å². The van der Waals surface area contributed by atoms with Crippen LogP contribution in [0.15, 0.2) is 40.8 Å². The zero-order valence-corrected chi connectivity index (χ0v) is 14.0. The maximum absolute atomic E-state index is 12.6. The van der Waals surface area contributed by atoms with Crippen LogP contribution in [0.25, 0.3) is 0 Å². The molecule has 0 radical (unpaired) electrons. The van der Waals surface area contributed by atoms with Crippen molar-refractivity contribution >= 4 is 23.5 Å². The fraction of sp³-hybridized carbons (Fsp3) is 0.235. The predicted molar refractivity (Wildman–Crippen MR) is 93.4 cm³/mol. The smallest absolute Gasteiger partial charge is 0.257 e. The summed E-state index contributed by atoms with van der Waals surface area (Å²) in [5.74, 6) is 1.65. The van der Waals surface area contributed by atoms with Crippen molar-refractivity contribution in [3.8, 4) is 11.5 Å². The number of thioether (sulfide) groups is 1. The summed E-state index contributed by atoms with van der Waals surface area (Å²) in [7, 11) is 0. The summed E-state index contributed by atoms with van der Waals surface area (Å²) in [5.41, 5.74) is 1.03. The molecular weight excluding hydrogens is 342 g/mol. The van der Waals surface area contributed by atoms with Crippen LogP contribution in [0.5, 0.6) is 11.5 Å². The van der Waals surface area contributed by atoms with Gasteiger partial charge in [0.2, 0.25) is 12.7 Å². The number of rotatable bonds is 4. The average molecular weight is 357 g/mol. The van der Waals surface area contributed by atoms with Gasteiger partial charge in [0.15, 0.2) is 16.7 Å². The van der Waals surface area contributed by atoms with Crippen molar-refractivity contribution in [1.29, 1.82) is 0 Å². The number of fused-ring (bicyclic) bond motifs is 2. The molecule has 3 heterocycles. The number of nitrogens with zero attached hydrogens (tertiary/aromatic N) is 1. The van der Waals surface area contributed by atoms with Gasteiger partial charge in [-0.1, -0.05) is 23.9 Å². The molecule has 0 fully saturated rings. The number of hydrogen-bond donors (Lipinski definition) is 2. The van der Waals surface area contributed by atoms with Gasteiger partial charge in [0, 0.05) is 18.1 Å². The molecule has 1 atom stereocenters. The first-order valence-electron chi connectivity index (χ1n) is 7.73. The average Bonchev–Trinajstić information content (AvgIpc) is 3.06. The highest BCUT2D eigenvalue weighted by atomic mass is 32.2. The predicted octanol–water partition coefficient (Wildman–Crippen LogP) is 2.25. The number of carbonyl (C=O) groups excluding carboxylic acids is 1. The Hall–Kier alpha value is -2.74. The summed E-state index contributed by atoms with van der Waals surface area (Å²) in [6, 6.07) is 5.45. The van der Waals surface area contributed by atoms with Gasteiger partial charge < -0.3 is 19.8 Å². The highest BCUT2D eigenvalue weighted by Crippen LogP contribution is 2.39. The fourth-order valence-electron chi connectivity index (χ4n) is 2.97. The van der Waals surface area contributed by atoms with E-state index in [1.165, 1.54) is 11.8 Å². The second-order valence-corrected chi connectivity index (χ2v) is 6.66. The van der Waals surface area contributed by atoms with Crippen LogP contribution in [-0.2, 0) is 4.79 Å². The highest BCUT2D eigenvalue weighted by Gasteiger charge is 2.32. The van der Waals surface area contributed by atoms with Crippen molar-refractivity contribution < 1.29 is 14.3 Å². The minimum absolute atomic E-state index is 0.173. The molecule has 128 valence electrons.